The Hall–Kier alpha value is -2.84. The van der Waals surface area contributed by atoms with Gasteiger partial charge in [0.05, 0.1) is 28.5 Å². The van der Waals surface area contributed by atoms with Crippen molar-refractivity contribution in [3.63, 3.8) is 0 Å². The van der Waals surface area contributed by atoms with Gasteiger partial charge in [0.1, 0.15) is 17.6 Å². The van der Waals surface area contributed by atoms with E-state index in [1.165, 1.54) is 0 Å². The van der Waals surface area contributed by atoms with Crippen molar-refractivity contribution in [2.45, 2.75) is 19.4 Å². The van der Waals surface area contributed by atoms with Crippen molar-refractivity contribution in [2.75, 3.05) is 44.7 Å². The molecule has 1 unspecified atom stereocenters. The number of hydrogen-bond donors (Lipinski definition) is 2. The number of nitrogens with one attached hydrogen (secondary N) is 2. The summed E-state index contributed by atoms with van der Waals surface area (Å²) in [6.45, 7) is 6.59. The van der Waals surface area contributed by atoms with Crippen LogP contribution in [0.4, 0.5) is 5.69 Å². The van der Waals surface area contributed by atoms with Gasteiger partial charge in [0, 0.05) is 45.1 Å². The normalized spacial score (nSPS) is 19.8. The standard InChI is InChI=1S/C24H28N4O3S/c1-15(18-12-23(29)26-13-18)31-22-11-17(9-19-24(22)32-14-27-19)16-3-4-20(21(10-16)30-2)28-7-5-25-6-8-28/h3-4,9-11,14-15,18,25H,5-8,12-13H2,1-2H3,(H,26,29)/t15-,18?/m1/s1. The molecule has 1 amide bonds. The van der Waals surface area contributed by atoms with Crippen molar-refractivity contribution in [3.8, 4) is 22.6 Å². The van der Waals surface area contributed by atoms with E-state index >= 15 is 0 Å². The van der Waals surface area contributed by atoms with Crippen LogP contribution in [0.5, 0.6) is 11.5 Å². The maximum atomic E-state index is 11.6. The van der Waals surface area contributed by atoms with E-state index in [2.05, 4.69) is 50.8 Å². The van der Waals surface area contributed by atoms with Crippen molar-refractivity contribution in [1.29, 1.82) is 0 Å². The van der Waals surface area contributed by atoms with Gasteiger partial charge >= 0.3 is 0 Å². The number of fused-ring (bicyclic) bond motifs is 1. The zero-order valence-corrected chi connectivity index (χ0v) is 19.2. The highest BCUT2D eigenvalue weighted by Gasteiger charge is 2.28. The maximum Gasteiger partial charge on any atom is 0.220 e. The quantitative estimate of drug-likeness (QED) is 0.598. The third kappa shape index (κ3) is 4.12. The average molecular weight is 453 g/mol. The number of hydrogen-bond acceptors (Lipinski definition) is 7. The highest BCUT2D eigenvalue weighted by Crippen LogP contribution is 2.39. The summed E-state index contributed by atoms with van der Waals surface area (Å²) in [6, 6.07) is 10.6. The smallest absolute Gasteiger partial charge is 0.220 e. The number of ether oxygens (including phenoxy) is 2. The largest absolute Gasteiger partial charge is 0.495 e. The van der Waals surface area contributed by atoms with Crippen LogP contribution in [0.15, 0.2) is 35.8 Å². The molecular formula is C24H28N4O3S. The molecule has 3 heterocycles. The number of thiazole rings is 1. The number of carbonyl (C=O) groups is 1. The molecule has 2 aromatic carbocycles. The van der Waals surface area contributed by atoms with Gasteiger partial charge in [0.15, 0.2) is 0 Å². The third-order valence-corrected chi connectivity index (χ3v) is 7.21. The zero-order valence-electron chi connectivity index (χ0n) is 18.4. The molecule has 0 spiro atoms. The fraction of sp³-hybridized carbons (Fsp3) is 0.417. The molecule has 0 radical (unpaired) electrons. The Balaban J connectivity index is 1.47. The van der Waals surface area contributed by atoms with Crippen LogP contribution in [-0.2, 0) is 4.79 Å². The summed E-state index contributed by atoms with van der Waals surface area (Å²) < 4.78 is 13.2. The van der Waals surface area contributed by atoms with Crippen molar-refractivity contribution in [1.82, 2.24) is 15.6 Å². The van der Waals surface area contributed by atoms with E-state index in [1.54, 1.807) is 18.4 Å². The lowest BCUT2D eigenvalue weighted by atomic mass is 10.0. The van der Waals surface area contributed by atoms with E-state index < -0.39 is 0 Å². The van der Waals surface area contributed by atoms with Crippen molar-refractivity contribution in [2.24, 2.45) is 5.92 Å². The fourth-order valence-electron chi connectivity index (χ4n) is 4.47. The summed E-state index contributed by atoms with van der Waals surface area (Å²) in [7, 11) is 1.72. The molecule has 1 aromatic heterocycles. The van der Waals surface area contributed by atoms with Crippen LogP contribution in [0.2, 0.25) is 0 Å². The number of anilines is 1. The summed E-state index contributed by atoms with van der Waals surface area (Å²) >= 11 is 1.58. The van der Waals surface area contributed by atoms with E-state index in [0.717, 1.165) is 64.7 Å². The first kappa shape index (κ1) is 21.0. The first-order valence-electron chi connectivity index (χ1n) is 11.1. The molecule has 0 saturated carbocycles. The Morgan fingerprint density at radius 2 is 1.97 bits per heavy atom. The number of piperazine rings is 1. The molecule has 5 rings (SSSR count). The number of methoxy groups -OCH3 is 1. The van der Waals surface area contributed by atoms with Crippen LogP contribution in [0.3, 0.4) is 0 Å². The van der Waals surface area contributed by atoms with Gasteiger partial charge in [0.25, 0.3) is 0 Å². The number of nitrogens with zero attached hydrogens (tertiary/aromatic N) is 2. The van der Waals surface area contributed by atoms with E-state index in [4.69, 9.17) is 9.47 Å². The van der Waals surface area contributed by atoms with E-state index in [9.17, 15) is 4.79 Å². The summed E-state index contributed by atoms with van der Waals surface area (Å²) in [5.74, 6) is 1.96. The number of benzene rings is 2. The van der Waals surface area contributed by atoms with Crippen LogP contribution in [0.25, 0.3) is 21.3 Å². The van der Waals surface area contributed by atoms with Gasteiger partial charge in [-0.3, -0.25) is 4.79 Å². The molecule has 2 aliphatic rings. The lowest BCUT2D eigenvalue weighted by Gasteiger charge is -2.30. The van der Waals surface area contributed by atoms with Crippen LogP contribution < -0.4 is 25.0 Å². The summed E-state index contributed by atoms with van der Waals surface area (Å²) in [5.41, 5.74) is 5.99. The molecular weight excluding hydrogens is 424 g/mol. The summed E-state index contributed by atoms with van der Waals surface area (Å²) in [6.07, 6.45) is 0.441. The van der Waals surface area contributed by atoms with Gasteiger partial charge in [-0.25, -0.2) is 4.98 Å². The molecule has 8 heteroatoms. The van der Waals surface area contributed by atoms with Gasteiger partial charge in [-0.2, -0.15) is 0 Å². The molecule has 0 aliphatic carbocycles. The first-order chi connectivity index (χ1) is 15.6. The second-order valence-corrected chi connectivity index (χ2v) is 9.24. The summed E-state index contributed by atoms with van der Waals surface area (Å²) in [4.78, 5) is 18.5. The zero-order chi connectivity index (χ0) is 22.1. The Morgan fingerprint density at radius 3 is 2.72 bits per heavy atom. The lowest BCUT2D eigenvalue weighted by molar-refractivity contribution is -0.119. The number of amides is 1. The van der Waals surface area contributed by atoms with Crippen molar-refractivity contribution in [3.05, 3.63) is 35.8 Å². The van der Waals surface area contributed by atoms with Gasteiger partial charge in [-0.1, -0.05) is 6.07 Å². The molecule has 2 fully saturated rings. The van der Waals surface area contributed by atoms with Gasteiger partial charge < -0.3 is 25.0 Å². The monoisotopic (exact) mass is 452 g/mol. The molecule has 7 nitrogen and oxygen atoms in total. The van der Waals surface area contributed by atoms with Gasteiger partial charge in [-0.05, 0) is 42.3 Å². The minimum absolute atomic E-state index is 0.0703. The maximum absolute atomic E-state index is 11.6. The highest BCUT2D eigenvalue weighted by molar-refractivity contribution is 7.17. The van der Waals surface area contributed by atoms with Gasteiger partial charge in [0.2, 0.25) is 5.91 Å². The Kier molecular flexibility index (Phi) is 5.89. The Labute approximate surface area is 191 Å². The molecule has 2 N–H and O–H groups in total. The minimum atomic E-state index is -0.0703. The predicted octanol–water partition coefficient (Wildman–Crippen LogP) is 3.28. The Morgan fingerprint density at radius 1 is 1.16 bits per heavy atom. The van der Waals surface area contributed by atoms with Crippen LogP contribution in [0, 0.1) is 5.92 Å². The van der Waals surface area contributed by atoms with Crippen LogP contribution in [0.1, 0.15) is 13.3 Å². The first-order valence-corrected chi connectivity index (χ1v) is 11.9. The van der Waals surface area contributed by atoms with E-state index in [0.29, 0.717) is 13.0 Å². The SMILES string of the molecule is COc1cc(-c2cc(O[C@H](C)C3CNC(=O)C3)c3scnc3c2)ccc1N1CCNCC1. The van der Waals surface area contributed by atoms with Crippen molar-refractivity contribution < 1.29 is 14.3 Å². The molecule has 2 atom stereocenters. The molecule has 0 bridgehead atoms. The lowest BCUT2D eigenvalue weighted by Crippen LogP contribution is -2.43. The second kappa shape index (κ2) is 8.96. The highest BCUT2D eigenvalue weighted by atomic mass is 32.1. The van der Waals surface area contributed by atoms with Gasteiger partial charge in [-0.15, -0.1) is 11.3 Å². The molecule has 2 saturated heterocycles. The number of rotatable bonds is 6. The average Bonchev–Trinajstić information content (AvgIpc) is 3.48. The predicted molar refractivity (Wildman–Crippen MR) is 128 cm³/mol. The second-order valence-electron chi connectivity index (χ2n) is 8.39. The van der Waals surface area contributed by atoms with Crippen molar-refractivity contribution >= 4 is 33.1 Å². The summed E-state index contributed by atoms with van der Waals surface area (Å²) in [5, 5.41) is 6.29. The molecule has 3 aromatic rings. The third-order valence-electron chi connectivity index (χ3n) is 6.35. The van der Waals surface area contributed by atoms with E-state index in [1.807, 2.05) is 12.4 Å². The van der Waals surface area contributed by atoms with E-state index in [-0.39, 0.29) is 17.9 Å². The molecule has 2 aliphatic heterocycles. The number of aromatic nitrogens is 1. The van der Waals surface area contributed by atoms with Crippen LogP contribution >= 0.6 is 11.3 Å². The molecule has 32 heavy (non-hydrogen) atoms. The minimum Gasteiger partial charge on any atom is -0.495 e. The fourth-order valence-corrected chi connectivity index (χ4v) is 5.20. The topological polar surface area (TPSA) is 75.7 Å². The molecule has 168 valence electrons. The Bertz CT molecular complexity index is 1130. The van der Waals surface area contributed by atoms with Crippen LogP contribution in [-0.4, -0.2) is 56.8 Å². The number of carbonyl (C=O) groups excluding carboxylic acids is 1.